The van der Waals surface area contributed by atoms with Crippen LogP contribution in [0, 0.1) is 0 Å². The Morgan fingerprint density at radius 1 is 1.11 bits per heavy atom. The minimum Gasteiger partial charge on any atom is -0.314 e. The first kappa shape index (κ1) is 13.3. The highest BCUT2D eigenvalue weighted by Gasteiger charge is 2.02. The van der Waals surface area contributed by atoms with Crippen molar-refractivity contribution in [2.75, 3.05) is 6.54 Å². The van der Waals surface area contributed by atoms with Gasteiger partial charge in [0.15, 0.2) is 0 Å². The summed E-state index contributed by atoms with van der Waals surface area (Å²) in [6, 6.07) is 13.5. The van der Waals surface area contributed by atoms with Crippen LogP contribution in [0.25, 0.3) is 0 Å². The molecule has 1 N–H and O–H groups in total. The molecular weight excluding hydrogens is 238 g/mol. The van der Waals surface area contributed by atoms with E-state index in [4.69, 9.17) is 0 Å². The van der Waals surface area contributed by atoms with Gasteiger partial charge >= 0.3 is 0 Å². The Hall–Kier alpha value is -1.12. The van der Waals surface area contributed by atoms with Crippen molar-refractivity contribution in [1.82, 2.24) is 5.32 Å². The molecule has 2 aromatic rings. The molecule has 2 rings (SSSR count). The molecule has 2 heteroatoms. The molecule has 1 atom stereocenters. The van der Waals surface area contributed by atoms with Gasteiger partial charge < -0.3 is 5.32 Å². The molecule has 0 aliphatic rings. The third-order valence-corrected chi connectivity index (χ3v) is 3.83. The van der Waals surface area contributed by atoms with Crippen LogP contribution in [0.4, 0.5) is 0 Å². The van der Waals surface area contributed by atoms with Gasteiger partial charge in [0.1, 0.15) is 0 Å². The Morgan fingerprint density at radius 2 is 1.94 bits per heavy atom. The third kappa shape index (κ3) is 4.63. The summed E-state index contributed by atoms with van der Waals surface area (Å²) in [5.41, 5.74) is 2.88. The topological polar surface area (TPSA) is 12.0 Å². The largest absolute Gasteiger partial charge is 0.314 e. The molecule has 0 fully saturated rings. The lowest BCUT2D eigenvalue weighted by molar-refractivity contribution is 0.534. The predicted octanol–water partition coefficient (Wildman–Crippen LogP) is 3.90. The highest BCUT2D eigenvalue weighted by Crippen LogP contribution is 2.08. The lowest BCUT2D eigenvalue weighted by Gasteiger charge is -2.12. The van der Waals surface area contributed by atoms with E-state index in [1.807, 2.05) is 0 Å². The Kier molecular flexibility index (Phi) is 5.43. The van der Waals surface area contributed by atoms with Crippen molar-refractivity contribution >= 4 is 11.3 Å². The van der Waals surface area contributed by atoms with Gasteiger partial charge in [0.25, 0.3) is 0 Å². The molecular formula is C16H21NS. The summed E-state index contributed by atoms with van der Waals surface area (Å²) in [5.74, 6) is 0. The maximum atomic E-state index is 3.60. The Bertz CT molecular complexity index is 422. The zero-order valence-corrected chi connectivity index (χ0v) is 11.7. The summed E-state index contributed by atoms with van der Waals surface area (Å²) < 4.78 is 0. The molecule has 1 aromatic heterocycles. The van der Waals surface area contributed by atoms with Crippen molar-refractivity contribution in [3.63, 3.8) is 0 Å². The van der Waals surface area contributed by atoms with Gasteiger partial charge in [-0.15, -0.1) is 0 Å². The van der Waals surface area contributed by atoms with Crippen molar-refractivity contribution in [2.24, 2.45) is 0 Å². The van der Waals surface area contributed by atoms with E-state index in [-0.39, 0.29) is 0 Å². The van der Waals surface area contributed by atoms with Gasteiger partial charge in [-0.05, 0) is 60.7 Å². The zero-order chi connectivity index (χ0) is 12.6. The van der Waals surface area contributed by atoms with Crippen LogP contribution in [-0.4, -0.2) is 12.6 Å². The second kappa shape index (κ2) is 7.34. The molecule has 1 aromatic carbocycles. The molecule has 0 radical (unpaired) electrons. The SMILES string of the molecule is CC(Cc1ccsc1)NCCCc1ccccc1. The lowest BCUT2D eigenvalue weighted by atomic mass is 10.1. The molecule has 0 saturated heterocycles. The monoisotopic (exact) mass is 259 g/mol. The van der Waals surface area contributed by atoms with Crippen molar-refractivity contribution in [3.8, 4) is 0 Å². The molecule has 1 heterocycles. The Labute approximate surface area is 114 Å². The van der Waals surface area contributed by atoms with E-state index in [2.05, 4.69) is 59.4 Å². The summed E-state index contributed by atoms with van der Waals surface area (Å²) >= 11 is 1.78. The summed E-state index contributed by atoms with van der Waals surface area (Å²) in [4.78, 5) is 0. The smallest absolute Gasteiger partial charge is 0.00794 e. The Morgan fingerprint density at radius 3 is 2.67 bits per heavy atom. The van der Waals surface area contributed by atoms with E-state index >= 15 is 0 Å². The lowest BCUT2D eigenvalue weighted by Crippen LogP contribution is -2.29. The second-order valence-corrected chi connectivity index (χ2v) is 5.56. The van der Waals surface area contributed by atoms with E-state index in [9.17, 15) is 0 Å². The average Bonchev–Trinajstić information content (AvgIpc) is 2.89. The minimum absolute atomic E-state index is 0.565. The first-order valence-electron chi connectivity index (χ1n) is 6.63. The van der Waals surface area contributed by atoms with Crippen LogP contribution in [0.5, 0.6) is 0 Å². The fourth-order valence-corrected chi connectivity index (χ4v) is 2.80. The summed E-state index contributed by atoms with van der Waals surface area (Å²) in [5, 5.41) is 7.98. The van der Waals surface area contributed by atoms with E-state index < -0.39 is 0 Å². The molecule has 0 aliphatic heterocycles. The third-order valence-electron chi connectivity index (χ3n) is 3.10. The molecule has 0 amide bonds. The number of nitrogens with one attached hydrogen (secondary N) is 1. The average molecular weight is 259 g/mol. The van der Waals surface area contributed by atoms with Gasteiger partial charge in [0.2, 0.25) is 0 Å². The molecule has 0 saturated carbocycles. The minimum atomic E-state index is 0.565. The first-order valence-corrected chi connectivity index (χ1v) is 7.57. The van der Waals surface area contributed by atoms with Crippen LogP contribution in [0.2, 0.25) is 0 Å². The van der Waals surface area contributed by atoms with Gasteiger partial charge in [-0.25, -0.2) is 0 Å². The first-order chi connectivity index (χ1) is 8.84. The highest BCUT2D eigenvalue weighted by molar-refractivity contribution is 7.07. The van der Waals surface area contributed by atoms with E-state index in [0.29, 0.717) is 6.04 Å². The molecule has 1 unspecified atom stereocenters. The van der Waals surface area contributed by atoms with Crippen molar-refractivity contribution in [2.45, 2.75) is 32.2 Å². The quantitative estimate of drug-likeness (QED) is 0.744. The number of rotatable bonds is 7. The Balaban J connectivity index is 1.60. The van der Waals surface area contributed by atoms with Crippen LogP contribution < -0.4 is 5.32 Å². The van der Waals surface area contributed by atoms with Gasteiger partial charge in [-0.2, -0.15) is 11.3 Å². The van der Waals surface area contributed by atoms with E-state index in [0.717, 1.165) is 13.0 Å². The zero-order valence-electron chi connectivity index (χ0n) is 10.9. The van der Waals surface area contributed by atoms with Gasteiger partial charge in [0, 0.05) is 6.04 Å². The van der Waals surface area contributed by atoms with E-state index in [1.54, 1.807) is 11.3 Å². The number of hydrogen-bond acceptors (Lipinski definition) is 2. The van der Waals surface area contributed by atoms with Crippen molar-refractivity contribution in [3.05, 3.63) is 58.3 Å². The summed E-state index contributed by atoms with van der Waals surface area (Å²) in [6.07, 6.45) is 3.51. The number of hydrogen-bond donors (Lipinski definition) is 1. The van der Waals surface area contributed by atoms with Crippen LogP contribution in [0.1, 0.15) is 24.5 Å². The second-order valence-electron chi connectivity index (χ2n) is 4.78. The highest BCUT2D eigenvalue weighted by atomic mass is 32.1. The standard InChI is InChI=1S/C16H21NS/c1-14(12-16-9-11-18-13-16)17-10-5-8-15-6-3-2-4-7-15/h2-4,6-7,9,11,13-14,17H,5,8,10,12H2,1H3. The van der Waals surface area contributed by atoms with Gasteiger partial charge in [-0.1, -0.05) is 30.3 Å². The van der Waals surface area contributed by atoms with Crippen molar-refractivity contribution < 1.29 is 0 Å². The molecule has 96 valence electrons. The molecule has 0 bridgehead atoms. The predicted molar refractivity (Wildman–Crippen MR) is 80.3 cm³/mol. The molecule has 0 aliphatic carbocycles. The van der Waals surface area contributed by atoms with Crippen LogP contribution in [0.15, 0.2) is 47.2 Å². The van der Waals surface area contributed by atoms with Gasteiger partial charge in [0.05, 0.1) is 0 Å². The number of benzene rings is 1. The van der Waals surface area contributed by atoms with Crippen LogP contribution >= 0.6 is 11.3 Å². The summed E-state index contributed by atoms with van der Waals surface area (Å²) in [6.45, 7) is 3.36. The maximum absolute atomic E-state index is 3.60. The normalized spacial score (nSPS) is 12.5. The molecule has 18 heavy (non-hydrogen) atoms. The number of aryl methyl sites for hydroxylation is 1. The number of thiophene rings is 1. The van der Waals surface area contributed by atoms with Crippen LogP contribution in [0.3, 0.4) is 0 Å². The maximum Gasteiger partial charge on any atom is 0.00794 e. The van der Waals surface area contributed by atoms with E-state index in [1.165, 1.54) is 24.0 Å². The summed E-state index contributed by atoms with van der Waals surface area (Å²) in [7, 11) is 0. The molecule has 0 spiro atoms. The van der Waals surface area contributed by atoms with Crippen LogP contribution in [-0.2, 0) is 12.8 Å². The van der Waals surface area contributed by atoms with Gasteiger partial charge in [-0.3, -0.25) is 0 Å². The fourth-order valence-electron chi connectivity index (χ4n) is 2.12. The molecule has 1 nitrogen and oxygen atoms in total. The fraction of sp³-hybridized carbons (Fsp3) is 0.375. The van der Waals surface area contributed by atoms with Crippen molar-refractivity contribution in [1.29, 1.82) is 0 Å².